The molecule has 1 saturated carbocycles. The van der Waals surface area contributed by atoms with Gasteiger partial charge in [-0.1, -0.05) is 50.1 Å². The summed E-state index contributed by atoms with van der Waals surface area (Å²) in [7, 11) is 1.57. The minimum atomic E-state index is -1.04. The molecular weight excluding hydrogens is 406 g/mol. The number of benzene rings is 1. The number of hydrogen-bond donors (Lipinski definition) is 1. The molecule has 0 amide bonds. The molecule has 0 heterocycles. The minimum Gasteiger partial charge on any atom is -0.550 e. The zero-order valence-corrected chi connectivity index (χ0v) is 20.8. The predicted molar refractivity (Wildman–Crippen MR) is 124 cm³/mol. The van der Waals surface area contributed by atoms with Crippen LogP contribution in [0.5, 0.6) is 0 Å². The van der Waals surface area contributed by atoms with Crippen LogP contribution in [0.25, 0.3) is 0 Å². The van der Waals surface area contributed by atoms with E-state index < -0.39 is 22.9 Å². The zero-order chi connectivity index (χ0) is 24.4. The first kappa shape index (κ1) is 28.1. The van der Waals surface area contributed by atoms with E-state index in [9.17, 15) is 14.7 Å². The van der Waals surface area contributed by atoms with E-state index in [-0.39, 0.29) is 12.4 Å². The second-order valence-electron chi connectivity index (χ2n) is 10.2. The number of ether oxygens (including phenoxy) is 2. The molecule has 1 aliphatic rings. The molecule has 6 nitrogen and oxygen atoms in total. The number of carbonyl (C=O) groups excluding carboxylic acids is 2. The summed E-state index contributed by atoms with van der Waals surface area (Å²) in [4.78, 5) is 23.9. The van der Waals surface area contributed by atoms with E-state index >= 15 is 0 Å². The summed E-state index contributed by atoms with van der Waals surface area (Å²) in [6.45, 7) is 10.2. The van der Waals surface area contributed by atoms with Crippen molar-refractivity contribution < 1.29 is 29.9 Å². The molecule has 0 radical (unpaired) electrons. The second-order valence-corrected chi connectivity index (χ2v) is 10.2. The first-order valence-electron chi connectivity index (χ1n) is 11.7. The van der Waals surface area contributed by atoms with Crippen LogP contribution in [0.1, 0.15) is 84.6 Å². The van der Waals surface area contributed by atoms with E-state index in [2.05, 4.69) is 43.8 Å². The number of quaternary nitrogens is 1. The highest BCUT2D eigenvalue weighted by Gasteiger charge is 2.40. The summed E-state index contributed by atoms with van der Waals surface area (Å²) < 4.78 is 10.5. The maximum absolute atomic E-state index is 12.3. The normalized spacial score (nSPS) is 18.1. The first-order valence-corrected chi connectivity index (χ1v) is 11.7. The van der Waals surface area contributed by atoms with Gasteiger partial charge in [-0.3, -0.25) is 4.79 Å². The average Bonchev–Trinajstić information content (AvgIpc) is 3.20. The Morgan fingerprint density at radius 3 is 2.12 bits per heavy atom. The van der Waals surface area contributed by atoms with Gasteiger partial charge in [-0.15, -0.1) is 0 Å². The number of aliphatic carboxylic acids is 1. The fourth-order valence-corrected chi connectivity index (χ4v) is 4.05. The molecule has 0 aromatic heterocycles. The number of hydrogen-bond acceptors (Lipinski definition) is 5. The lowest BCUT2D eigenvalue weighted by Crippen LogP contribution is -2.61. The number of rotatable bonds is 9. The van der Waals surface area contributed by atoms with Crippen molar-refractivity contribution >= 4 is 11.9 Å². The van der Waals surface area contributed by atoms with Crippen molar-refractivity contribution in [3.05, 3.63) is 35.9 Å². The fourth-order valence-electron chi connectivity index (χ4n) is 4.05. The third kappa shape index (κ3) is 9.29. The van der Waals surface area contributed by atoms with Gasteiger partial charge in [0.2, 0.25) is 0 Å². The smallest absolute Gasteiger partial charge is 0.309 e. The van der Waals surface area contributed by atoms with E-state index in [4.69, 9.17) is 9.47 Å². The van der Waals surface area contributed by atoms with Crippen LogP contribution >= 0.6 is 0 Å². The molecule has 0 spiro atoms. The summed E-state index contributed by atoms with van der Waals surface area (Å²) in [5.74, 6) is -1.27. The van der Waals surface area contributed by atoms with Gasteiger partial charge in [0, 0.05) is 31.0 Å². The summed E-state index contributed by atoms with van der Waals surface area (Å²) in [5.41, 5.74) is 3.94. The third-order valence-electron chi connectivity index (χ3n) is 6.22. The highest BCUT2D eigenvalue weighted by Crippen LogP contribution is 2.43. The number of carbonyl (C=O) groups is 2. The van der Waals surface area contributed by atoms with E-state index in [1.807, 2.05) is 26.8 Å². The molecule has 2 rings (SSSR count). The molecule has 0 saturated heterocycles. The van der Waals surface area contributed by atoms with Crippen LogP contribution in [0.15, 0.2) is 30.3 Å². The van der Waals surface area contributed by atoms with Crippen molar-refractivity contribution in [2.75, 3.05) is 13.7 Å². The van der Waals surface area contributed by atoms with Crippen LogP contribution in [0.4, 0.5) is 0 Å². The summed E-state index contributed by atoms with van der Waals surface area (Å²) in [6, 6.07) is 11.0. The third-order valence-corrected chi connectivity index (χ3v) is 6.22. The van der Waals surface area contributed by atoms with Gasteiger partial charge in [0.15, 0.2) is 0 Å². The molecule has 1 aromatic rings. The first-order chi connectivity index (χ1) is 14.9. The van der Waals surface area contributed by atoms with Gasteiger partial charge < -0.3 is 25.1 Å². The van der Waals surface area contributed by atoms with Crippen LogP contribution in [-0.2, 0) is 19.1 Å². The highest BCUT2D eigenvalue weighted by atomic mass is 16.6. The van der Waals surface area contributed by atoms with Crippen molar-refractivity contribution in [1.29, 1.82) is 0 Å². The molecule has 6 heteroatoms. The fraction of sp³-hybridized carbons (Fsp3) is 0.692. The molecule has 182 valence electrons. The molecule has 0 bridgehead atoms. The van der Waals surface area contributed by atoms with Gasteiger partial charge in [0.05, 0.1) is 12.0 Å². The Morgan fingerprint density at radius 2 is 1.69 bits per heavy atom. The summed E-state index contributed by atoms with van der Waals surface area (Å²) >= 11 is 0. The number of carboxylic acids is 1. The van der Waals surface area contributed by atoms with Gasteiger partial charge in [0.25, 0.3) is 0 Å². The Labute approximate surface area is 193 Å². The standard InChI is InChI=1S/C16H28O5.C10H15N/c1-15(2,3)21-13(17)12(7-10-20-4)11-16(14(18)19)8-5-6-9-16;1-8(9(2)11)10-6-4-3-5-7-10/h12H,5-11H2,1-4H3,(H,18,19);3-9H,11H2,1-2H3/t12-;/m1./s1. The van der Waals surface area contributed by atoms with Crippen molar-refractivity contribution in [2.24, 2.45) is 11.3 Å². The van der Waals surface area contributed by atoms with E-state index in [0.717, 1.165) is 12.8 Å². The topological polar surface area (TPSA) is 103 Å². The number of carboxylic acid groups (broad SMARTS) is 1. The minimum absolute atomic E-state index is 0.285. The Bertz CT molecular complexity index is 690. The molecule has 1 fully saturated rings. The van der Waals surface area contributed by atoms with Crippen LogP contribution in [0.2, 0.25) is 0 Å². The second kappa shape index (κ2) is 12.9. The zero-order valence-electron chi connectivity index (χ0n) is 20.8. The SMILES string of the molecule is CC([NH3+])C(C)c1ccccc1.COCC[C@H](CC1(C(=O)[O-])CCCC1)C(=O)OC(C)(C)C. The molecule has 1 aliphatic carbocycles. The highest BCUT2D eigenvalue weighted by molar-refractivity contribution is 5.77. The Balaban J connectivity index is 0.000000389. The van der Waals surface area contributed by atoms with Gasteiger partial charge in [-0.05, 0) is 58.9 Å². The van der Waals surface area contributed by atoms with Gasteiger partial charge in [-0.2, -0.15) is 0 Å². The van der Waals surface area contributed by atoms with Crippen molar-refractivity contribution in [3.8, 4) is 0 Å². The quantitative estimate of drug-likeness (QED) is 0.584. The molecular formula is C26H43NO5. The molecule has 3 atom stereocenters. The predicted octanol–water partition coefficient (Wildman–Crippen LogP) is 3.10. The molecule has 0 aliphatic heterocycles. The van der Waals surface area contributed by atoms with Crippen LogP contribution < -0.4 is 10.8 Å². The van der Waals surface area contributed by atoms with Crippen LogP contribution in [0, 0.1) is 11.3 Å². The molecule has 32 heavy (non-hydrogen) atoms. The van der Waals surface area contributed by atoms with E-state index in [1.54, 1.807) is 7.11 Å². The van der Waals surface area contributed by atoms with Crippen LogP contribution in [-0.4, -0.2) is 37.3 Å². The van der Waals surface area contributed by atoms with Crippen LogP contribution in [0.3, 0.4) is 0 Å². The monoisotopic (exact) mass is 449 g/mol. The maximum Gasteiger partial charge on any atom is 0.309 e. The lowest BCUT2D eigenvalue weighted by atomic mass is 9.77. The molecule has 1 aromatic carbocycles. The van der Waals surface area contributed by atoms with Gasteiger partial charge >= 0.3 is 5.97 Å². The Hall–Kier alpha value is -1.92. The lowest BCUT2D eigenvalue weighted by molar-refractivity contribution is -0.418. The van der Waals surface area contributed by atoms with Crippen molar-refractivity contribution in [3.63, 3.8) is 0 Å². The van der Waals surface area contributed by atoms with Gasteiger partial charge in [-0.25, -0.2) is 0 Å². The summed E-state index contributed by atoms with van der Waals surface area (Å²) in [5, 5.41) is 11.5. The average molecular weight is 450 g/mol. The molecule has 2 unspecified atom stereocenters. The lowest BCUT2D eigenvalue weighted by Gasteiger charge is -2.34. The number of methoxy groups -OCH3 is 1. The maximum atomic E-state index is 12.3. The van der Waals surface area contributed by atoms with Crippen molar-refractivity contribution in [2.45, 2.75) is 90.7 Å². The largest absolute Gasteiger partial charge is 0.550 e. The summed E-state index contributed by atoms with van der Waals surface area (Å²) in [6.07, 6.45) is 3.68. The van der Waals surface area contributed by atoms with E-state index in [1.165, 1.54) is 5.56 Å². The van der Waals surface area contributed by atoms with Gasteiger partial charge in [0.1, 0.15) is 5.60 Å². The van der Waals surface area contributed by atoms with E-state index in [0.29, 0.717) is 37.8 Å². The number of esters is 1. The Kier molecular flexibility index (Phi) is 11.4. The Morgan fingerprint density at radius 1 is 1.12 bits per heavy atom. The molecule has 3 N–H and O–H groups in total. The van der Waals surface area contributed by atoms with Crippen molar-refractivity contribution in [1.82, 2.24) is 0 Å².